The van der Waals surface area contributed by atoms with E-state index in [1.54, 1.807) is 12.1 Å². The Labute approximate surface area is 203 Å². The number of anilines is 2. The van der Waals surface area contributed by atoms with Crippen molar-refractivity contribution in [3.05, 3.63) is 94.8 Å². The molecule has 0 aliphatic carbocycles. The Balaban J connectivity index is 2.00. The Morgan fingerprint density at radius 2 is 1.82 bits per heavy atom. The van der Waals surface area contributed by atoms with Crippen LogP contribution in [0.4, 0.5) is 15.8 Å². The van der Waals surface area contributed by atoms with Gasteiger partial charge in [-0.3, -0.25) is 4.79 Å². The van der Waals surface area contributed by atoms with Crippen LogP contribution in [0, 0.1) is 18.2 Å². The summed E-state index contributed by atoms with van der Waals surface area (Å²) in [6, 6.07) is 20.2. The fourth-order valence-electron chi connectivity index (χ4n) is 4.25. The molecule has 2 unspecified atom stereocenters. The number of amides is 1. The fourth-order valence-corrected chi connectivity index (χ4v) is 4.72. The zero-order valence-corrected chi connectivity index (χ0v) is 20.5. The van der Waals surface area contributed by atoms with E-state index in [-0.39, 0.29) is 11.2 Å². The average molecular weight is 480 g/mol. The summed E-state index contributed by atoms with van der Waals surface area (Å²) in [6.45, 7) is 4.52. The van der Waals surface area contributed by atoms with Gasteiger partial charge in [0.1, 0.15) is 12.1 Å². The van der Waals surface area contributed by atoms with E-state index < -0.39 is 11.4 Å². The summed E-state index contributed by atoms with van der Waals surface area (Å²) in [5.74, 6) is -0.307. The Morgan fingerprint density at radius 3 is 2.41 bits per heavy atom. The Bertz CT molecular complexity index is 1120. The number of hydrogen-bond acceptors (Lipinski definition) is 4. The first-order chi connectivity index (χ1) is 16.3. The molecule has 178 valence electrons. The van der Waals surface area contributed by atoms with Crippen molar-refractivity contribution in [1.82, 2.24) is 4.31 Å². The molecule has 2 atom stereocenters. The smallest absolute Gasteiger partial charge is 0.251 e. The van der Waals surface area contributed by atoms with Crippen LogP contribution in [0.3, 0.4) is 0 Å². The van der Waals surface area contributed by atoms with Gasteiger partial charge >= 0.3 is 0 Å². The molecule has 0 aliphatic heterocycles. The number of hydrogen-bond donors (Lipinski definition) is 2. The predicted octanol–water partition coefficient (Wildman–Crippen LogP) is 5.52. The van der Waals surface area contributed by atoms with Crippen molar-refractivity contribution >= 4 is 35.4 Å². The second kappa shape index (κ2) is 11.3. The number of aryl methyl sites for hydroxylation is 1. The fraction of sp³-hybridized carbons (Fsp3) is 0.259. The van der Waals surface area contributed by atoms with Gasteiger partial charge in [-0.1, -0.05) is 37.3 Å². The molecule has 0 spiro atoms. The highest BCUT2D eigenvalue weighted by Gasteiger charge is 2.31. The van der Waals surface area contributed by atoms with Crippen molar-refractivity contribution in [1.29, 1.82) is 5.41 Å². The molecule has 1 amide bonds. The van der Waals surface area contributed by atoms with Crippen LogP contribution in [0.5, 0.6) is 0 Å². The minimum atomic E-state index is -1.39. The molecule has 3 aromatic carbocycles. The van der Waals surface area contributed by atoms with E-state index in [0.29, 0.717) is 24.9 Å². The molecule has 0 bridgehead atoms. The molecule has 2 N–H and O–H groups in total. The van der Waals surface area contributed by atoms with Gasteiger partial charge in [0.2, 0.25) is 0 Å². The molecule has 0 heterocycles. The summed E-state index contributed by atoms with van der Waals surface area (Å²) in [5.41, 5.74) is 5.07. The van der Waals surface area contributed by atoms with Crippen LogP contribution >= 0.6 is 0 Å². The van der Waals surface area contributed by atoms with Crippen LogP contribution in [0.25, 0.3) is 0 Å². The molecule has 3 aromatic rings. The largest absolute Gasteiger partial charge is 0.593 e. The number of benzene rings is 3. The zero-order valence-electron chi connectivity index (χ0n) is 19.7. The number of nitrogens with one attached hydrogen (secondary N) is 2. The third kappa shape index (κ3) is 6.24. The Kier molecular flexibility index (Phi) is 8.47. The van der Waals surface area contributed by atoms with Gasteiger partial charge in [-0.25, -0.2) is 4.39 Å². The van der Waals surface area contributed by atoms with Gasteiger partial charge in [-0.15, -0.1) is 0 Å². The van der Waals surface area contributed by atoms with Crippen LogP contribution in [-0.4, -0.2) is 34.3 Å². The third-order valence-corrected chi connectivity index (χ3v) is 7.02. The summed E-state index contributed by atoms with van der Waals surface area (Å²) in [5, 5.41) is 11.3. The minimum absolute atomic E-state index is 0.307. The molecular weight excluding hydrogens is 449 g/mol. The van der Waals surface area contributed by atoms with Crippen molar-refractivity contribution in [2.45, 2.75) is 32.1 Å². The molecule has 7 heteroatoms. The summed E-state index contributed by atoms with van der Waals surface area (Å²) >= 11 is -1.39. The van der Waals surface area contributed by atoms with E-state index >= 15 is 0 Å². The van der Waals surface area contributed by atoms with Gasteiger partial charge in [0, 0.05) is 23.2 Å². The Morgan fingerprint density at radius 1 is 1.15 bits per heavy atom. The van der Waals surface area contributed by atoms with E-state index in [9.17, 15) is 13.7 Å². The third-order valence-electron chi connectivity index (χ3n) is 6.09. The first-order valence-corrected chi connectivity index (χ1v) is 12.5. The predicted molar refractivity (Wildman–Crippen MR) is 138 cm³/mol. The Hall–Kier alpha value is -3.16. The monoisotopic (exact) mass is 479 g/mol. The molecule has 3 rings (SSSR count). The molecular formula is C27H30FN3O2S. The molecule has 0 aliphatic rings. The van der Waals surface area contributed by atoms with Crippen molar-refractivity contribution in [2.24, 2.45) is 0 Å². The average Bonchev–Trinajstić information content (AvgIpc) is 2.81. The van der Waals surface area contributed by atoms with Crippen molar-refractivity contribution in [3.8, 4) is 0 Å². The van der Waals surface area contributed by atoms with E-state index in [4.69, 9.17) is 5.41 Å². The van der Waals surface area contributed by atoms with Crippen LogP contribution in [-0.2, 0) is 28.0 Å². The van der Waals surface area contributed by atoms with E-state index in [0.717, 1.165) is 34.5 Å². The number of carbonyl (C=O) groups excluding carboxylic acids is 1. The molecule has 0 radical (unpaired) electrons. The number of rotatable bonds is 11. The summed E-state index contributed by atoms with van der Waals surface area (Å²) in [4.78, 5) is 11.4. The van der Waals surface area contributed by atoms with Crippen molar-refractivity contribution < 1.29 is 13.7 Å². The maximum absolute atomic E-state index is 13.3. The number of carbonyl (C=O) groups is 1. The van der Waals surface area contributed by atoms with Crippen LogP contribution in [0.15, 0.2) is 66.7 Å². The van der Waals surface area contributed by atoms with Crippen LogP contribution < -0.4 is 5.32 Å². The second-order valence-electron chi connectivity index (χ2n) is 8.67. The van der Waals surface area contributed by atoms with Crippen molar-refractivity contribution in [2.75, 3.05) is 18.1 Å². The van der Waals surface area contributed by atoms with Gasteiger partial charge in [-0.2, -0.15) is 4.31 Å². The number of nitrogens with zero attached hydrogens (tertiary/aromatic N) is 1. The normalized spacial score (nSPS) is 13.6. The maximum Gasteiger partial charge on any atom is 0.251 e. The lowest BCUT2D eigenvalue weighted by molar-refractivity contribution is -0.114. The molecule has 0 saturated carbocycles. The minimum Gasteiger partial charge on any atom is -0.593 e. The topological polar surface area (TPSA) is 79.2 Å². The standard InChI is InChI=1S/C27H30FN3O2S/c1-20-15-26(30-24-11-9-23(28)10-12-24)22(18-29)16-25(20)27(2,13-14-31(19-32)34(3)33)17-21-7-5-4-6-8-21/h4-12,15-16,18-19,29-30H,13-14,17H2,1-3H3. The molecule has 34 heavy (non-hydrogen) atoms. The lowest BCUT2D eigenvalue weighted by atomic mass is 9.72. The highest BCUT2D eigenvalue weighted by atomic mass is 32.2. The van der Waals surface area contributed by atoms with Gasteiger partial charge in [0.25, 0.3) is 6.41 Å². The van der Waals surface area contributed by atoms with E-state index in [1.165, 1.54) is 28.9 Å². The first kappa shape index (κ1) is 25.5. The molecule has 5 nitrogen and oxygen atoms in total. The molecule has 0 aromatic heterocycles. The van der Waals surface area contributed by atoms with E-state index in [2.05, 4.69) is 24.4 Å². The number of halogens is 1. The van der Waals surface area contributed by atoms with Crippen molar-refractivity contribution in [3.63, 3.8) is 0 Å². The SMILES string of the molecule is Cc1cc(Nc2ccc(F)cc2)c(C=N)cc1C(C)(CCN(C=O)[S+](C)[O-])Cc1ccccc1. The van der Waals surface area contributed by atoms with Crippen LogP contribution in [0.2, 0.25) is 0 Å². The summed E-state index contributed by atoms with van der Waals surface area (Å²) in [6.07, 6.45) is 4.75. The highest BCUT2D eigenvalue weighted by molar-refractivity contribution is 7.88. The summed E-state index contributed by atoms with van der Waals surface area (Å²) in [7, 11) is 0. The molecule has 0 fully saturated rings. The second-order valence-corrected chi connectivity index (χ2v) is 9.99. The van der Waals surface area contributed by atoms with Gasteiger partial charge in [0.15, 0.2) is 0 Å². The lowest BCUT2D eigenvalue weighted by Crippen LogP contribution is -2.36. The zero-order chi connectivity index (χ0) is 24.7. The highest BCUT2D eigenvalue weighted by Crippen LogP contribution is 2.37. The van der Waals surface area contributed by atoms with E-state index in [1.807, 2.05) is 37.3 Å². The maximum atomic E-state index is 13.3. The quantitative estimate of drug-likeness (QED) is 0.216. The molecule has 0 saturated heterocycles. The first-order valence-electron chi connectivity index (χ1n) is 11.0. The van der Waals surface area contributed by atoms with Gasteiger partial charge in [-0.05, 0) is 78.3 Å². The summed E-state index contributed by atoms with van der Waals surface area (Å²) < 4.78 is 26.5. The van der Waals surface area contributed by atoms with Gasteiger partial charge in [0.05, 0.1) is 17.9 Å². The van der Waals surface area contributed by atoms with Crippen LogP contribution in [0.1, 0.15) is 35.6 Å². The lowest BCUT2D eigenvalue weighted by Gasteiger charge is -2.34. The van der Waals surface area contributed by atoms with Gasteiger partial charge < -0.3 is 15.3 Å².